The Labute approximate surface area is 130 Å². The van der Waals surface area contributed by atoms with E-state index in [2.05, 4.69) is 5.32 Å². The van der Waals surface area contributed by atoms with Crippen LogP contribution in [0.5, 0.6) is 0 Å². The predicted molar refractivity (Wildman–Crippen MR) is 89.3 cm³/mol. The smallest absolute Gasteiger partial charge is 0.266 e. The average molecular weight is 290 g/mol. The highest BCUT2D eigenvalue weighted by atomic mass is 16.1. The number of carbonyl (C=O) groups excluding carboxylic acids is 1. The van der Waals surface area contributed by atoms with Crippen LogP contribution in [0.3, 0.4) is 0 Å². The van der Waals surface area contributed by atoms with E-state index in [1.54, 1.807) is 6.08 Å². The molecule has 0 bridgehead atoms. The van der Waals surface area contributed by atoms with E-state index in [0.717, 1.165) is 22.3 Å². The highest BCUT2D eigenvalue weighted by Crippen LogP contribution is 2.16. The van der Waals surface area contributed by atoms with Gasteiger partial charge < -0.3 is 5.32 Å². The minimum absolute atomic E-state index is 0.0903. The minimum Gasteiger partial charge on any atom is -0.321 e. The van der Waals surface area contributed by atoms with E-state index < -0.39 is 5.91 Å². The summed E-state index contributed by atoms with van der Waals surface area (Å²) >= 11 is 0. The zero-order valence-corrected chi connectivity index (χ0v) is 13.0. The summed E-state index contributed by atoms with van der Waals surface area (Å²) in [5.41, 5.74) is 4.95. The number of benzene rings is 2. The molecule has 110 valence electrons. The second-order valence-electron chi connectivity index (χ2n) is 5.35. The molecule has 0 fully saturated rings. The SMILES string of the molecule is Cc1ccc(NC(=O)/C(C#N)=C/c2ccc(C)cc2C)cc1. The fourth-order valence-electron chi connectivity index (χ4n) is 2.13. The van der Waals surface area contributed by atoms with E-state index >= 15 is 0 Å². The maximum Gasteiger partial charge on any atom is 0.266 e. The summed E-state index contributed by atoms with van der Waals surface area (Å²) < 4.78 is 0. The van der Waals surface area contributed by atoms with E-state index in [1.807, 2.05) is 69.3 Å². The summed E-state index contributed by atoms with van der Waals surface area (Å²) in [7, 11) is 0. The first-order valence-electron chi connectivity index (χ1n) is 7.06. The third kappa shape index (κ3) is 3.83. The van der Waals surface area contributed by atoms with Crippen LogP contribution in [0.1, 0.15) is 22.3 Å². The van der Waals surface area contributed by atoms with Gasteiger partial charge in [-0.3, -0.25) is 4.79 Å². The second-order valence-corrected chi connectivity index (χ2v) is 5.35. The van der Waals surface area contributed by atoms with Gasteiger partial charge in [-0.1, -0.05) is 41.5 Å². The molecule has 0 saturated carbocycles. The number of anilines is 1. The fraction of sp³-hybridized carbons (Fsp3) is 0.158. The topological polar surface area (TPSA) is 52.9 Å². The average Bonchev–Trinajstić information content (AvgIpc) is 2.49. The molecule has 0 saturated heterocycles. The molecule has 0 spiro atoms. The second kappa shape index (κ2) is 6.73. The van der Waals surface area contributed by atoms with Crippen LogP contribution in [0, 0.1) is 32.1 Å². The molecule has 1 amide bonds. The van der Waals surface area contributed by atoms with E-state index in [0.29, 0.717) is 5.69 Å². The molecular weight excluding hydrogens is 272 g/mol. The summed E-state index contributed by atoms with van der Waals surface area (Å²) in [4.78, 5) is 12.2. The predicted octanol–water partition coefficient (Wildman–Crippen LogP) is 4.16. The number of hydrogen-bond acceptors (Lipinski definition) is 2. The Morgan fingerprint density at radius 1 is 1.05 bits per heavy atom. The van der Waals surface area contributed by atoms with Crippen molar-refractivity contribution in [2.75, 3.05) is 5.32 Å². The largest absolute Gasteiger partial charge is 0.321 e. The molecule has 2 aromatic rings. The van der Waals surface area contributed by atoms with Gasteiger partial charge in [-0.2, -0.15) is 5.26 Å². The first-order valence-corrected chi connectivity index (χ1v) is 7.06. The van der Waals surface area contributed by atoms with Gasteiger partial charge in [-0.05, 0) is 50.1 Å². The van der Waals surface area contributed by atoms with E-state index in [4.69, 9.17) is 0 Å². The summed E-state index contributed by atoms with van der Waals surface area (Å²) in [5.74, 6) is -0.397. The molecule has 3 nitrogen and oxygen atoms in total. The molecule has 0 aliphatic rings. The van der Waals surface area contributed by atoms with E-state index in [9.17, 15) is 10.1 Å². The molecular formula is C19H18N2O. The quantitative estimate of drug-likeness (QED) is 0.681. The van der Waals surface area contributed by atoms with Crippen LogP contribution < -0.4 is 5.32 Å². The van der Waals surface area contributed by atoms with Crippen LogP contribution in [-0.2, 0) is 4.79 Å². The van der Waals surface area contributed by atoms with E-state index in [-0.39, 0.29) is 5.57 Å². The highest BCUT2D eigenvalue weighted by Gasteiger charge is 2.10. The zero-order valence-electron chi connectivity index (χ0n) is 13.0. The first-order chi connectivity index (χ1) is 10.5. The van der Waals surface area contributed by atoms with Crippen LogP contribution in [0.15, 0.2) is 48.0 Å². The van der Waals surface area contributed by atoms with Gasteiger partial charge in [-0.25, -0.2) is 0 Å². The van der Waals surface area contributed by atoms with Crippen LogP contribution in [0.25, 0.3) is 6.08 Å². The summed E-state index contributed by atoms with van der Waals surface area (Å²) in [5, 5.41) is 12.0. The number of nitriles is 1. The number of nitrogens with one attached hydrogen (secondary N) is 1. The molecule has 0 atom stereocenters. The molecule has 2 aromatic carbocycles. The van der Waals surface area contributed by atoms with Crippen molar-refractivity contribution in [1.29, 1.82) is 5.26 Å². The molecule has 0 aliphatic heterocycles. The van der Waals surface area contributed by atoms with Crippen molar-refractivity contribution in [3.05, 3.63) is 70.3 Å². The van der Waals surface area contributed by atoms with Crippen LogP contribution >= 0.6 is 0 Å². The Kier molecular flexibility index (Phi) is 4.75. The highest BCUT2D eigenvalue weighted by molar-refractivity contribution is 6.09. The summed E-state index contributed by atoms with van der Waals surface area (Å²) in [6, 6.07) is 15.3. The standard InChI is InChI=1S/C19H18N2O/c1-13-5-8-18(9-6-13)21-19(22)17(12-20)11-16-7-4-14(2)10-15(16)3/h4-11H,1-3H3,(H,21,22)/b17-11+. The maximum absolute atomic E-state index is 12.2. The molecule has 0 radical (unpaired) electrons. The van der Waals surface area contributed by atoms with Crippen molar-refractivity contribution >= 4 is 17.7 Å². The molecule has 0 heterocycles. The van der Waals surface area contributed by atoms with Gasteiger partial charge in [-0.15, -0.1) is 0 Å². The van der Waals surface area contributed by atoms with Crippen molar-refractivity contribution in [1.82, 2.24) is 0 Å². The van der Waals surface area contributed by atoms with Gasteiger partial charge in [0.15, 0.2) is 0 Å². The lowest BCUT2D eigenvalue weighted by atomic mass is 10.0. The summed E-state index contributed by atoms with van der Waals surface area (Å²) in [6.45, 7) is 5.95. The summed E-state index contributed by atoms with van der Waals surface area (Å²) in [6.07, 6.45) is 1.62. The molecule has 1 N–H and O–H groups in total. The fourth-order valence-corrected chi connectivity index (χ4v) is 2.13. The Hall–Kier alpha value is -2.86. The lowest BCUT2D eigenvalue weighted by Gasteiger charge is -2.06. The molecule has 0 aliphatic carbocycles. The number of rotatable bonds is 3. The Bertz CT molecular complexity index is 765. The molecule has 22 heavy (non-hydrogen) atoms. The van der Waals surface area contributed by atoms with Gasteiger partial charge in [0, 0.05) is 5.69 Å². The normalized spacial score (nSPS) is 10.9. The molecule has 3 heteroatoms. The lowest BCUT2D eigenvalue weighted by molar-refractivity contribution is -0.112. The Balaban J connectivity index is 2.23. The Morgan fingerprint density at radius 2 is 1.68 bits per heavy atom. The third-order valence-electron chi connectivity index (χ3n) is 3.40. The van der Waals surface area contributed by atoms with Crippen LogP contribution in [0.4, 0.5) is 5.69 Å². The molecule has 2 rings (SSSR count). The first kappa shape index (κ1) is 15.5. The zero-order chi connectivity index (χ0) is 16.1. The van der Waals surface area contributed by atoms with Crippen molar-refractivity contribution in [2.45, 2.75) is 20.8 Å². The minimum atomic E-state index is -0.397. The van der Waals surface area contributed by atoms with Crippen molar-refractivity contribution in [3.63, 3.8) is 0 Å². The van der Waals surface area contributed by atoms with Gasteiger partial charge in [0.05, 0.1) is 0 Å². The van der Waals surface area contributed by atoms with Crippen molar-refractivity contribution < 1.29 is 4.79 Å². The lowest BCUT2D eigenvalue weighted by Crippen LogP contribution is -2.13. The number of amides is 1. The van der Waals surface area contributed by atoms with Crippen molar-refractivity contribution in [3.8, 4) is 6.07 Å². The van der Waals surface area contributed by atoms with Gasteiger partial charge in [0.2, 0.25) is 0 Å². The van der Waals surface area contributed by atoms with Crippen LogP contribution in [0.2, 0.25) is 0 Å². The maximum atomic E-state index is 12.2. The number of hydrogen-bond donors (Lipinski definition) is 1. The number of nitrogens with zero attached hydrogens (tertiary/aromatic N) is 1. The van der Waals surface area contributed by atoms with Crippen molar-refractivity contribution in [2.24, 2.45) is 0 Å². The van der Waals surface area contributed by atoms with Gasteiger partial charge in [0.1, 0.15) is 11.6 Å². The molecule has 0 aromatic heterocycles. The monoisotopic (exact) mass is 290 g/mol. The van der Waals surface area contributed by atoms with Gasteiger partial charge in [0.25, 0.3) is 5.91 Å². The number of aryl methyl sites for hydroxylation is 3. The van der Waals surface area contributed by atoms with E-state index in [1.165, 1.54) is 0 Å². The number of carbonyl (C=O) groups is 1. The molecule has 0 unspecified atom stereocenters. The van der Waals surface area contributed by atoms with Gasteiger partial charge >= 0.3 is 0 Å². The third-order valence-corrected chi connectivity index (χ3v) is 3.40. The van der Waals surface area contributed by atoms with Crippen LogP contribution in [-0.4, -0.2) is 5.91 Å². The Morgan fingerprint density at radius 3 is 2.27 bits per heavy atom.